The molecule has 0 radical (unpaired) electrons. The van der Waals surface area contributed by atoms with E-state index in [0.29, 0.717) is 11.1 Å². The Labute approximate surface area is 274 Å². The molecule has 2 heterocycles. The molecule has 0 saturated heterocycles. The van der Waals surface area contributed by atoms with Crippen molar-refractivity contribution in [1.29, 1.82) is 0 Å². The van der Waals surface area contributed by atoms with Gasteiger partial charge in [-0.2, -0.15) is 0 Å². The first-order valence-corrected chi connectivity index (χ1v) is 15.3. The van der Waals surface area contributed by atoms with E-state index in [1.54, 1.807) is 42.7 Å². The van der Waals surface area contributed by atoms with Crippen molar-refractivity contribution in [1.82, 2.24) is 25.9 Å². The van der Waals surface area contributed by atoms with E-state index in [2.05, 4.69) is 25.9 Å². The molecule has 0 aliphatic rings. The third-order valence-electron chi connectivity index (χ3n) is 8.09. The second-order valence-corrected chi connectivity index (χ2v) is 11.5. The van der Waals surface area contributed by atoms with Crippen LogP contribution in [0.5, 0.6) is 0 Å². The first kappa shape index (κ1) is 33.4. The minimum Gasteiger partial charge on any atom is -0.481 e. The van der Waals surface area contributed by atoms with Crippen LogP contribution in [0.4, 0.5) is 0 Å². The quantitative estimate of drug-likeness (QED) is 0.0834. The summed E-state index contributed by atoms with van der Waals surface area (Å²) in [6.45, 7) is 0. The van der Waals surface area contributed by atoms with E-state index in [1.165, 1.54) is 0 Å². The van der Waals surface area contributed by atoms with Gasteiger partial charge >= 0.3 is 11.9 Å². The van der Waals surface area contributed by atoms with Crippen molar-refractivity contribution in [2.75, 3.05) is 0 Å². The van der Waals surface area contributed by atoms with E-state index < -0.39 is 60.2 Å². The molecule has 3 amide bonds. The second-order valence-electron chi connectivity index (χ2n) is 11.5. The number of nitrogens with two attached hydrogens (primary N) is 1. The molecule has 5 aromatic rings. The predicted octanol–water partition coefficient (Wildman–Crippen LogP) is 2.02. The number of hydrogen-bond acceptors (Lipinski definition) is 6. The highest BCUT2D eigenvalue weighted by molar-refractivity contribution is 5.96. The van der Waals surface area contributed by atoms with Crippen molar-refractivity contribution < 1.29 is 34.2 Å². The SMILES string of the molecule is NC(Cc1c[nH]c2ccccc12)C(=O)NC(CC(=O)O)C(=O)NC(Cc1c[nH]c2ccccc12)C(=O)NC(Cc1ccccc1)C(=O)O. The number of para-hydroxylation sites is 2. The van der Waals surface area contributed by atoms with Gasteiger partial charge in [0.15, 0.2) is 0 Å². The van der Waals surface area contributed by atoms with Gasteiger partial charge in [0.1, 0.15) is 18.1 Å². The highest BCUT2D eigenvalue weighted by Gasteiger charge is 2.32. The van der Waals surface area contributed by atoms with Gasteiger partial charge in [-0.15, -0.1) is 0 Å². The predicted molar refractivity (Wildman–Crippen MR) is 178 cm³/mol. The number of fused-ring (bicyclic) bond motifs is 2. The van der Waals surface area contributed by atoms with Crippen LogP contribution in [0.1, 0.15) is 23.1 Å². The fourth-order valence-electron chi connectivity index (χ4n) is 5.62. The van der Waals surface area contributed by atoms with Gasteiger partial charge in [-0.1, -0.05) is 66.7 Å². The van der Waals surface area contributed by atoms with Crippen LogP contribution in [0.3, 0.4) is 0 Å². The van der Waals surface area contributed by atoms with Gasteiger partial charge in [0.25, 0.3) is 0 Å². The number of aliphatic carboxylic acids is 2. The molecule has 0 aliphatic heterocycles. The third-order valence-corrected chi connectivity index (χ3v) is 8.09. The topological polar surface area (TPSA) is 219 Å². The van der Waals surface area contributed by atoms with E-state index in [4.69, 9.17) is 5.73 Å². The lowest BCUT2D eigenvalue weighted by atomic mass is 10.0. The first-order chi connectivity index (χ1) is 23.1. The van der Waals surface area contributed by atoms with Crippen LogP contribution in [0.2, 0.25) is 0 Å². The Morgan fingerprint density at radius 2 is 1.10 bits per heavy atom. The van der Waals surface area contributed by atoms with Crippen LogP contribution in [0.25, 0.3) is 21.8 Å². The summed E-state index contributed by atoms with van der Waals surface area (Å²) in [7, 11) is 0. The summed E-state index contributed by atoms with van der Waals surface area (Å²) < 4.78 is 0. The van der Waals surface area contributed by atoms with E-state index in [9.17, 15) is 34.2 Å². The molecule has 13 nitrogen and oxygen atoms in total. The number of carbonyl (C=O) groups is 5. The molecule has 9 N–H and O–H groups in total. The summed E-state index contributed by atoms with van der Waals surface area (Å²) in [5, 5.41) is 28.7. The second kappa shape index (κ2) is 15.1. The molecule has 5 rings (SSSR count). The summed E-state index contributed by atoms with van der Waals surface area (Å²) in [6, 6.07) is 18.2. The summed E-state index contributed by atoms with van der Waals surface area (Å²) in [5.74, 6) is -5.14. The zero-order valence-electron chi connectivity index (χ0n) is 25.8. The normalized spacial score (nSPS) is 13.7. The Balaban J connectivity index is 1.34. The number of benzene rings is 3. The van der Waals surface area contributed by atoms with Crippen molar-refractivity contribution in [2.24, 2.45) is 5.73 Å². The smallest absolute Gasteiger partial charge is 0.326 e. The molecule has 0 saturated carbocycles. The maximum atomic E-state index is 13.7. The molecule has 13 heteroatoms. The van der Waals surface area contributed by atoms with Gasteiger partial charge in [0.05, 0.1) is 12.5 Å². The van der Waals surface area contributed by atoms with Crippen molar-refractivity contribution in [3.8, 4) is 0 Å². The Morgan fingerprint density at radius 1 is 0.604 bits per heavy atom. The molecule has 2 aromatic heterocycles. The number of H-pyrrole nitrogens is 2. The van der Waals surface area contributed by atoms with Gasteiger partial charge in [0, 0.05) is 47.0 Å². The zero-order chi connectivity index (χ0) is 34.2. The number of nitrogens with one attached hydrogen (secondary N) is 5. The minimum atomic E-state index is -1.58. The Bertz CT molecular complexity index is 1940. The molecule has 48 heavy (non-hydrogen) atoms. The molecule has 4 atom stereocenters. The summed E-state index contributed by atoms with van der Waals surface area (Å²) in [5.41, 5.74) is 9.93. The van der Waals surface area contributed by atoms with Crippen molar-refractivity contribution >= 4 is 51.5 Å². The summed E-state index contributed by atoms with van der Waals surface area (Å²) >= 11 is 0. The van der Waals surface area contributed by atoms with E-state index in [1.807, 2.05) is 48.5 Å². The highest BCUT2D eigenvalue weighted by Crippen LogP contribution is 2.20. The lowest BCUT2D eigenvalue weighted by molar-refractivity contribution is -0.143. The average molecular weight is 653 g/mol. The van der Waals surface area contributed by atoms with Gasteiger partial charge in [-0.05, 0) is 35.2 Å². The number of hydrogen-bond donors (Lipinski definition) is 8. The van der Waals surface area contributed by atoms with Gasteiger partial charge < -0.3 is 41.9 Å². The maximum absolute atomic E-state index is 13.7. The number of carbonyl (C=O) groups excluding carboxylic acids is 3. The summed E-state index contributed by atoms with van der Waals surface area (Å²) in [6.07, 6.45) is 2.66. The minimum absolute atomic E-state index is 0.0122. The van der Waals surface area contributed by atoms with Gasteiger partial charge in [-0.25, -0.2) is 4.79 Å². The zero-order valence-corrected chi connectivity index (χ0v) is 25.8. The largest absolute Gasteiger partial charge is 0.481 e. The monoisotopic (exact) mass is 652 g/mol. The van der Waals surface area contributed by atoms with E-state index in [0.717, 1.165) is 27.4 Å². The van der Waals surface area contributed by atoms with Crippen LogP contribution in [-0.4, -0.2) is 74.0 Å². The number of rotatable bonds is 15. The fraction of sp³-hybridized carbons (Fsp3) is 0.229. The van der Waals surface area contributed by atoms with Crippen molar-refractivity contribution in [3.05, 3.63) is 108 Å². The van der Waals surface area contributed by atoms with E-state index in [-0.39, 0.29) is 19.3 Å². The molecule has 0 spiro atoms. The number of carboxylic acids is 2. The highest BCUT2D eigenvalue weighted by atomic mass is 16.4. The molecule has 0 fully saturated rings. The molecule has 0 aliphatic carbocycles. The molecule has 0 bridgehead atoms. The average Bonchev–Trinajstić information content (AvgIpc) is 3.67. The van der Waals surface area contributed by atoms with Crippen LogP contribution in [0.15, 0.2) is 91.3 Å². The van der Waals surface area contributed by atoms with Crippen molar-refractivity contribution in [3.63, 3.8) is 0 Å². The molecule has 4 unspecified atom stereocenters. The number of aromatic amines is 2. The van der Waals surface area contributed by atoms with Crippen LogP contribution in [-0.2, 0) is 43.2 Å². The van der Waals surface area contributed by atoms with E-state index >= 15 is 0 Å². The van der Waals surface area contributed by atoms with Crippen LogP contribution in [0, 0.1) is 0 Å². The fourth-order valence-corrected chi connectivity index (χ4v) is 5.62. The summed E-state index contributed by atoms with van der Waals surface area (Å²) in [4.78, 5) is 70.6. The van der Waals surface area contributed by atoms with Crippen LogP contribution < -0.4 is 21.7 Å². The first-order valence-electron chi connectivity index (χ1n) is 15.3. The van der Waals surface area contributed by atoms with Gasteiger partial charge in [0.2, 0.25) is 17.7 Å². The van der Waals surface area contributed by atoms with Crippen molar-refractivity contribution in [2.45, 2.75) is 49.9 Å². The molecule has 3 aromatic carbocycles. The lowest BCUT2D eigenvalue weighted by Crippen LogP contribution is -2.58. The standard InChI is InChI=1S/C35H36N6O7/c36-25(15-21-18-37-26-12-6-4-10-23(21)26)32(44)39-29(17-31(42)43)34(46)40-28(16-22-19-38-27-13-7-5-11-24(22)27)33(45)41-30(35(47)48)14-20-8-2-1-3-9-20/h1-13,18-19,25,28-30,37-38H,14-17,36H2,(H,39,44)(H,40,46)(H,41,45)(H,42,43)(H,47,48). The number of aromatic nitrogens is 2. The van der Waals surface area contributed by atoms with Crippen LogP contribution >= 0.6 is 0 Å². The lowest BCUT2D eigenvalue weighted by Gasteiger charge is -2.25. The molecule has 248 valence electrons. The number of carboxylic acid groups (broad SMARTS) is 2. The Hall–Kier alpha value is -5.95. The Morgan fingerprint density at radius 3 is 1.69 bits per heavy atom. The molecular formula is C35H36N6O7. The third kappa shape index (κ3) is 8.25. The maximum Gasteiger partial charge on any atom is 0.326 e. The number of amides is 3. The Kier molecular flexibility index (Phi) is 10.5. The van der Waals surface area contributed by atoms with Gasteiger partial charge in [-0.3, -0.25) is 19.2 Å². The molecular weight excluding hydrogens is 616 g/mol.